The average molecular weight is 372 g/mol. The minimum absolute atomic E-state index is 0.0127. The molecule has 3 aromatic rings. The van der Waals surface area contributed by atoms with Gasteiger partial charge in [0.2, 0.25) is 5.95 Å². The summed E-state index contributed by atoms with van der Waals surface area (Å²) in [6.45, 7) is 4.12. The SMILES string of the molecule is Cc1cccc(C)c1-c1cc(Cl)nc(NSc2cccc(CO)c2)n1. The van der Waals surface area contributed by atoms with Gasteiger partial charge >= 0.3 is 0 Å². The minimum atomic E-state index is 0.0127. The van der Waals surface area contributed by atoms with Gasteiger partial charge in [0.15, 0.2) is 0 Å². The smallest absolute Gasteiger partial charge is 0.235 e. The summed E-state index contributed by atoms with van der Waals surface area (Å²) in [5.74, 6) is 0.449. The van der Waals surface area contributed by atoms with Gasteiger partial charge in [-0.15, -0.1) is 0 Å². The Balaban J connectivity index is 1.87. The number of aliphatic hydroxyl groups is 1. The van der Waals surface area contributed by atoms with Gasteiger partial charge in [-0.1, -0.05) is 41.9 Å². The number of aryl methyl sites for hydroxylation is 2. The second-order valence-corrected chi connectivity index (χ2v) is 6.94. The molecule has 2 aromatic carbocycles. The highest BCUT2D eigenvalue weighted by atomic mass is 35.5. The Kier molecular flexibility index (Phi) is 5.58. The second-order valence-electron chi connectivity index (χ2n) is 5.68. The zero-order chi connectivity index (χ0) is 17.8. The number of nitrogens with one attached hydrogen (secondary N) is 1. The molecular formula is C19H18ClN3OS. The zero-order valence-electron chi connectivity index (χ0n) is 14.0. The molecule has 0 saturated heterocycles. The van der Waals surface area contributed by atoms with E-state index in [1.54, 1.807) is 6.07 Å². The van der Waals surface area contributed by atoms with Gasteiger partial charge in [-0.05, 0) is 54.6 Å². The largest absolute Gasteiger partial charge is 0.392 e. The first-order valence-electron chi connectivity index (χ1n) is 7.80. The molecule has 3 rings (SSSR count). The fourth-order valence-electron chi connectivity index (χ4n) is 2.62. The predicted molar refractivity (Wildman–Crippen MR) is 104 cm³/mol. The van der Waals surface area contributed by atoms with Crippen LogP contribution in [-0.2, 0) is 6.61 Å². The van der Waals surface area contributed by atoms with E-state index in [0.717, 1.165) is 32.8 Å². The molecule has 25 heavy (non-hydrogen) atoms. The monoisotopic (exact) mass is 371 g/mol. The molecule has 0 unspecified atom stereocenters. The molecule has 0 bridgehead atoms. The summed E-state index contributed by atoms with van der Waals surface area (Å²) in [6, 6.07) is 15.6. The maximum Gasteiger partial charge on any atom is 0.235 e. The number of hydrogen-bond acceptors (Lipinski definition) is 5. The van der Waals surface area contributed by atoms with Gasteiger partial charge in [0.05, 0.1) is 12.3 Å². The number of halogens is 1. The molecule has 0 radical (unpaired) electrons. The van der Waals surface area contributed by atoms with Crippen molar-refractivity contribution in [2.24, 2.45) is 0 Å². The Morgan fingerprint density at radius 2 is 1.76 bits per heavy atom. The molecular weight excluding hydrogens is 354 g/mol. The molecule has 1 heterocycles. The summed E-state index contributed by atoms with van der Waals surface area (Å²) in [7, 11) is 0. The van der Waals surface area contributed by atoms with Crippen LogP contribution in [0, 0.1) is 13.8 Å². The maximum absolute atomic E-state index is 9.23. The summed E-state index contributed by atoms with van der Waals surface area (Å²) >= 11 is 7.58. The van der Waals surface area contributed by atoms with E-state index in [1.165, 1.54) is 11.9 Å². The third kappa shape index (κ3) is 4.31. The number of nitrogens with zero attached hydrogens (tertiary/aromatic N) is 2. The lowest BCUT2D eigenvalue weighted by atomic mass is 10.00. The van der Waals surface area contributed by atoms with Crippen LogP contribution in [0.25, 0.3) is 11.3 Å². The number of benzene rings is 2. The first kappa shape index (κ1) is 17.7. The van der Waals surface area contributed by atoms with Crippen LogP contribution >= 0.6 is 23.5 Å². The molecule has 0 saturated carbocycles. The van der Waals surface area contributed by atoms with Gasteiger partial charge in [-0.25, -0.2) is 9.97 Å². The van der Waals surface area contributed by atoms with E-state index >= 15 is 0 Å². The number of aliphatic hydroxyl groups excluding tert-OH is 1. The van der Waals surface area contributed by atoms with Gasteiger partial charge in [0.25, 0.3) is 0 Å². The van der Waals surface area contributed by atoms with Crippen molar-refractivity contribution in [2.45, 2.75) is 25.3 Å². The van der Waals surface area contributed by atoms with Gasteiger partial charge in [-0.3, -0.25) is 4.72 Å². The van der Waals surface area contributed by atoms with Crippen molar-refractivity contribution >= 4 is 29.5 Å². The van der Waals surface area contributed by atoms with Crippen LogP contribution < -0.4 is 4.72 Å². The van der Waals surface area contributed by atoms with Crippen LogP contribution in [0.15, 0.2) is 53.4 Å². The molecule has 128 valence electrons. The van der Waals surface area contributed by atoms with E-state index in [0.29, 0.717) is 11.1 Å². The molecule has 0 aliphatic rings. The molecule has 1 aromatic heterocycles. The topological polar surface area (TPSA) is 58.0 Å². The summed E-state index contributed by atoms with van der Waals surface area (Å²) in [6.07, 6.45) is 0. The predicted octanol–water partition coefficient (Wildman–Crippen LogP) is 5.03. The first-order chi connectivity index (χ1) is 12.1. The van der Waals surface area contributed by atoms with Crippen molar-refractivity contribution < 1.29 is 5.11 Å². The van der Waals surface area contributed by atoms with E-state index in [9.17, 15) is 5.11 Å². The molecule has 0 amide bonds. The van der Waals surface area contributed by atoms with Crippen LogP contribution in [-0.4, -0.2) is 15.1 Å². The Labute approximate surface area is 156 Å². The Hall–Kier alpha value is -2.08. The van der Waals surface area contributed by atoms with Crippen LogP contribution in [0.5, 0.6) is 0 Å². The first-order valence-corrected chi connectivity index (χ1v) is 9.00. The highest BCUT2D eigenvalue weighted by molar-refractivity contribution is 8.00. The van der Waals surface area contributed by atoms with Crippen LogP contribution in [0.3, 0.4) is 0 Å². The van der Waals surface area contributed by atoms with Crippen molar-refractivity contribution in [1.29, 1.82) is 0 Å². The quantitative estimate of drug-likeness (QED) is 0.487. The zero-order valence-corrected chi connectivity index (χ0v) is 15.5. The van der Waals surface area contributed by atoms with E-state index in [1.807, 2.05) is 30.3 Å². The fourth-order valence-corrected chi connectivity index (χ4v) is 3.46. The lowest BCUT2D eigenvalue weighted by molar-refractivity contribution is 0.281. The van der Waals surface area contributed by atoms with Crippen LogP contribution in [0.4, 0.5) is 5.95 Å². The van der Waals surface area contributed by atoms with Crippen LogP contribution in [0.1, 0.15) is 16.7 Å². The molecule has 2 N–H and O–H groups in total. The summed E-state index contributed by atoms with van der Waals surface area (Å²) in [5.41, 5.74) is 5.01. The Morgan fingerprint density at radius 3 is 2.48 bits per heavy atom. The Morgan fingerprint density at radius 1 is 1.04 bits per heavy atom. The van der Waals surface area contributed by atoms with Crippen LogP contribution in [0.2, 0.25) is 5.15 Å². The molecule has 4 nitrogen and oxygen atoms in total. The number of hydrogen-bond donors (Lipinski definition) is 2. The third-order valence-corrected chi connectivity index (χ3v) is 4.74. The summed E-state index contributed by atoms with van der Waals surface area (Å²) < 4.78 is 3.13. The average Bonchev–Trinajstić information content (AvgIpc) is 2.60. The molecule has 0 aliphatic carbocycles. The van der Waals surface area contributed by atoms with Gasteiger partial charge in [-0.2, -0.15) is 0 Å². The number of aromatic nitrogens is 2. The molecule has 0 spiro atoms. The standard InChI is InChI=1S/C19H18ClN3OS/c1-12-5-3-6-13(2)18(12)16-10-17(20)22-19(21-16)23-25-15-8-4-7-14(9-15)11-24/h3-10,24H,11H2,1-2H3,(H,21,22,23). The van der Waals surface area contributed by atoms with E-state index in [-0.39, 0.29) is 6.61 Å². The fraction of sp³-hybridized carbons (Fsp3) is 0.158. The highest BCUT2D eigenvalue weighted by Gasteiger charge is 2.10. The molecule has 6 heteroatoms. The molecule has 0 atom stereocenters. The van der Waals surface area contributed by atoms with Crippen molar-refractivity contribution in [3.05, 3.63) is 70.4 Å². The number of rotatable bonds is 5. The number of anilines is 1. The Bertz CT molecular complexity index is 881. The van der Waals surface area contributed by atoms with Crippen molar-refractivity contribution in [3.63, 3.8) is 0 Å². The van der Waals surface area contributed by atoms with E-state index in [4.69, 9.17) is 11.6 Å². The van der Waals surface area contributed by atoms with Crippen molar-refractivity contribution in [2.75, 3.05) is 4.72 Å². The van der Waals surface area contributed by atoms with Gasteiger partial charge in [0.1, 0.15) is 5.15 Å². The normalized spacial score (nSPS) is 10.7. The lowest BCUT2D eigenvalue weighted by Gasteiger charge is -2.11. The van der Waals surface area contributed by atoms with Gasteiger partial charge < -0.3 is 5.11 Å². The lowest BCUT2D eigenvalue weighted by Crippen LogP contribution is -1.99. The van der Waals surface area contributed by atoms with Crippen molar-refractivity contribution in [3.8, 4) is 11.3 Å². The molecule has 0 aliphatic heterocycles. The second kappa shape index (κ2) is 7.87. The van der Waals surface area contributed by atoms with Gasteiger partial charge in [0, 0.05) is 16.5 Å². The molecule has 0 fully saturated rings. The van der Waals surface area contributed by atoms with E-state index < -0.39 is 0 Å². The summed E-state index contributed by atoms with van der Waals surface area (Å²) in [5, 5.41) is 9.62. The summed E-state index contributed by atoms with van der Waals surface area (Å²) in [4.78, 5) is 9.82. The van der Waals surface area contributed by atoms with Crippen molar-refractivity contribution in [1.82, 2.24) is 9.97 Å². The third-order valence-electron chi connectivity index (χ3n) is 3.77. The minimum Gasteiger partial charge on any atom is -0.392 e. The van der Waals surface area contributed by atoms with E-state index in [2.05, 4.69) is 40.7 Å². The maximum atomic E-state index is 9.23. The highest BCUT2D eigenvalue weighted by Crippen LogP contribution is 2.29.